The summed E-state index contributed by atoms with van der Waals surface area (Å²) < 4.78 is 11.7. The van der Waals surface area contributed by atoms with Crippen molar-refractivity contribution < 1.29 is 18.8 Å². The molecule has 2 aliphatic rings. The van der Waals surface area contributed by atoms with E-state index in [0.717, 1.165) is 38.7 Å². The lowest BCUT2D eigenvalue weighted by Crippen LogP contribution is -2.43. The van der Waals surface area contributed by atoms with E-state index in [4.69, 9.17) is 9.16 Å². The molecule has 1 saturated heterocycles. The number of carbonyl (C=O) groups is 2. The van der Waals surface area contributed by atoms with E-state index in [1.807, 2.05) is 20.8 Å². The van der Waals surface area contributed by atoms with E-state index in [1.165, 1.54) is 6.42 Å². The van der Waals surface area contributed by atoms with Gasteiger partial charge in [0.05, 0.1) is 0 Å². The Morgan fingerprint density at radius 3 is 2.39 bits per heavy atom. The molecule has 2 fully saturated rings. The van der Waals surface area contributed by atoms with Crippen LogP contribution in [-0.2, 0) is 14.0 Å². The van der Waals surface area contributed by atoms with Crippen LogP contribution in [0, 0.1) is 11.8 Å². The van der Waals surface area contributed by atoms with Crippen molar-refractivity contribution in [3.05, 3.63) is 0 Å². The number of carbonyl (C=O) groups excluding carboxylic acids is 2. The SMILES string of the molecule is CC(C)(C)OC(=O)NCCCN1C(=O)[C@H]2CCCC[C@H]2[C@@H]1CCO[Si](C)(C)C(C)(C)C. The summed E-state index contributed by atoms with van der Waals surface area (Å²) >= 11 is 0. The van der Waals surface area contributed by atoms with Crippen LogP contribution in [0.15, 0.2) is 0 Å². The van der Waals surface area contributed by atoms with E-state index in [1.54, 1.807) is 0 Å². The number of alkyl carbamates (subject to hydrolysis) is 1. The molecule has 1 N–H and O–H groups in total. The average Bonchev–Trinajstić information content (AvgIpc) is 2.88. The molecular weight excluding hydrogens is 408 g/mol. The molecule has 3 atom stereocenters. The molecule has 2 rings (SSSR count). The van der Waals surface area contributed by atoms with E-state index < -0.39 is 20.0 Å². The largest absolute Gasteiger partial charge is 0.444 e. The number of hydrogen-bond donors (Lipinski definition) is 1. The van der Waals surface area contributed by atoms with Crippen LogP contribution >= 0.6 is 0 Å². The predicted octanol–water partition coefficient (Wildman–Crippen LogP) is 5.33. The van der Waals surface area contributed by atoms with E-state index in [9.17, 15) is 9.59 Å². The van der Waals surface area contributed by atoms with Crippen molar-refractivity contribution in [2.45, 2.75) is 110 Å². The van der Waals surface area contributed by atoms with Gasteiger partial charge in [-0.15, -0.1) is 0 Å². The van der Waals surface area contributed by atoms with E-state index >= 15 is 0 Å². The van der Waals surface area contributed by atoms with Crippen LogP contribution < -0.4 is 5.32 Å². The summed E-state index contributed by atoms with van der Waals surface area (Å²) in [4.78, 5) is 27.1. The van der Waals surface area contributed by atoms with Gasteiger partial charge in [0.15, 0.2) is 8.32 Å². The van der Waals surface area contributed by atoms with Gasteiger partial charge in [-0.25, -0.2) is 4.79 Å². The van der Waals surface area contributed by atoms with Gasteiger partial charge in [-0.05, 0) is 70.5 Å². The van der Waals surface area contributed by atoms with Crippen LogP contribution in [0.1, 0.15) is 80.1 Å². The van der Waals surface area contributed by atoms with Crippen molar-refractivity contribution in [3.8, 4) is 0 Å². The highest BCUT2D eigenvalue weighted by Gasteiger charge is 2.48. The molecule has 7 heteroatoms. The fourth-order valence-corrected chi connectivity index (χ4v) is 5.65. The predicted molar refractivity (Wildman–Crippen MR) is 128 cm³/mol. The monoisotopic (exact) mass is 454 g/mol. The summed E-state index contributed by atoms with van der Waals surface area (Å²) in [5.74, 6) is 0.966. The zero-order chi connectivity index (χ0) is 23.4. The summed E-state index contributed by atoms with van der Waals surface area (Å²) in [7, 11) is -1.79. The van der Waals surface area contributed by atoms with Crippen molar-refractivity contribution in [1.29, 1.82) is 0 Å². The van der Waals surface area contributed by atoms with Gasteiger partial charge < -0.3 is 19.4 Å². The normalized spacial score (nSPS) is 24.8. The molecule has 1 aliphatic heterocycles. The van der Waals surface area contributed by atoms with Gasteiger partial charge in [0.25, 0.3) is 0 Å². The van der Waals surface area contributed by atoms with Gasteiger partial charge in [0.2, 0.25) is 5.91 Å². The van der Waals surface area contributed by atoms with Gasteiger partial charge in [-0.3, -0.25) is 4.79 Å². The Bertz CT molecular complexity index is 624. The lowest BCUT2D eigenvalue weighted by Gasteiger charge is -2.37. The van der Waals surface area contributed by atoms with E-state index in [2.05, 4.69) is 44.1 Å². The van der Waals surface area contributed by atoms with Crippen LogP contribution in [0.4, 0.5) is 4.79 Å². The molecule has 6 nitrogen and oxygen atoms in total. The second-order valence-corrected chi connectivity index (χ2v) is 16.6. The molecule has 0 bridgehead atoms. The quantitative estimate of drug-likeness (QED) is 0.397. The number of ether oxygens (including phenoxy) is 1. The van der Waals surface area contributed by atoms with Gasteiger partial charge in [-0.1, -0.05) is 33.6 Å². The molecular formula is C24H46N2O4Si. The van der Waals surface area contributed by atoms with Crippen molar-refractivity contribution >= 4 is 20.3 Å². The van der Waals surface area contributed by atoms with Crippen LogP contribution in [-0.4, -0.2) is 56.6 Å². The first-order valence-corrected chi connectivity index (χ1v) is 15.0. The summed E-state index contributed by atoms with van der Waals surface area (Å²) in [5.41, 5.74) is -0.500. The number of amides is 2. The lowest BCUT2D eigenvalue weighted by molar-refractivity contribution is -0.132. The van der Waals surface area contributed by atoms with Gasteiger partial charge in [0.1, 0.15) is 5.60 Å². The molecule has 1 aliphatic carbocycles. The van der Waals surface area contributed by atoms with E-state index in [-0.39, 0.29) is 17.0 Å². The number of nitrogens with zero attached hydrogens (tertiary/aromatic N) is 1. The minimum atomic E-state index is -1.79. The maximum Gasteiger partial charge on any atom is 0.407 e. The molecule has 0 radical (unpaired) electrons. The molecule has 0 aromatic rings. The molecule has 31 heavy (non-hydrogen) atoms. The molecule has 2 amide bonds. The molecule has 0 spiro atoms. The van der Waals surface area contributed by atoms with Crippen molar-refractivity contribution in [1.82, 2.24) is 10.2 Å². The molecule has 0 aromatic heterocycles. The van der Waals surface area contributed by atoms with Crippen molar-refractivity contribution in [2.75, 3.05) is 19.7 Å². The Balaban J connectivity index is 1.92. The summed E-state index contributed by atoms with van der Waals surface area (Å²) in [5, 5.41) is 3.01. The number of nitrogens with one attached hydrogen (secondary N) is 1. The molecule has 0 unspecified atom stereocenters. The fraction of sp³-hybridized carbons (Fsp3) is 0.917. The van der Waals surface area contributed by atoms with Crippen molar-refractivity contribution in [2.24, 2.45) is 11.8 Å². The number of likely N-dealkylation sites (tertiary alicyclic amines) is 1. The fourth-order valence-electron chi connectivity index (χ4n) is 4.59. The zero-order valence-corrected chi connectivity index (χ0v) is 22.2. The average molecular weight is 455 g/mol. The first kappa shape index (κ1) is 26.2. The first-order chi connectivity index (χ1) is 14.2. The molecule has 0 aromatic carbocycles. The lowest BCUT2D eigenvalue weighted by atomic mass is 9.77. The summed E-state index contributed by atoms with van der Waals surface area (Å²) in [6.45, 7) is 18.9. The van der Waals surface area contributed by atoms with Gasteiger partial charge >= 0.3 is 6.09 Å². The van der Waals surface area contributed by atoms with Crippen LogP contribution in [0.3, 0.4) is 0 Å². The molecule has 1 saturated carbocycles. The highest BCUT2D eigenvalue weighted by atomic mass is 28.4. The highest BCUT2D eigenvalue weighted by molar-refractivity contribution is 6.74. The topological polar surface area (TPSA) is 67.9 Å². The van der Waals surface area contributed by atoms with Gasteiger partial charge in [0, 0.05) is 31.7 Å². The van der Waals surface area contributed by atoms with Crippen molar-refractivity contribution in [3.63, 3.8) is 0 Å². The maximum absolute atomic E-state index is 13.2. The Morgan fingerprint density at radius 1 is 1.13 bits per heavy atom. The third-order valence-corrected chi connectivity index (χ3v) is 11.8. The molecule has 180 valence electrons. The third-order valence-electron chi connectivity index (χ3n) is 7.24. The second-order valence-electron chi connectivity index (χ2n) is 11.8. The zero-order valence-electron chi connectivity index (χ0n) is 21.2. The standard InChI is InChI=1S/C24H46N2O4Si/c1-23(2,3)30-22(28)25-15-11-16-26-20(14-17-29-31(7,8)24(4,5)6)18-12-9-10-13-19(18)21(26)27/h18-20H,9-17H2,1-8H3,(H,25,28)/t18-,19+,20+/m1/s1. The number of hydrogen-bond acceptors (Lipinski definition) is 4. The Hall–Kier alpha value is -1.08. The number of rotatable bonds is 8. The molecule has 1 heterocycles. The Kier molecular flexibility index (Phi) is 8.64. The first-order valence-electron chi connectivity index (χ1n) is 12.1. The van der Waals surface area contributed by atoms with Gasteiger partial charge in [-0.2, -0.15) is 0 Å². The Morgan fingerprint density at radius 2 is 1.77 bits per heavy atom. The third kappa shape index (κ3) is 7.21. The minimum Gasteiger partial charge on any atom is -0.444 e. The summed E-state index contributed by atoms with van der Waals surface area (Å²) in [6, 6.07) is 0.268. The maximum atomic E-state index is 13.2. The Labute approximate surface area is 190 Å². The smallest absolute Gasteiger partial charge is 0.407 e. The second kappa shape index (κ2) is 10.2. The van der Waals surface area contributed by atoms with Crippen LogP contribution in [0.5, 0.6) is 0 Å². The van der Waals surface area contributed by atoms with E-state index in [0.29, 0.717) is 24.9 Å². The number of fused-ring (bicyclic) bond motifs is 1. The minimum absolute atomic E-state index is 0.186. The summed E-state index contributed by atoms with van der Waals surface area (Å²) in [6.07, 6.45) is 5.82. The van der Waals surface area contributed by atoms with Crippen LogP contribution in [0.25, 0.3) is 0 Å². The highest BCUT2D eigenvalue weighted by Crippen LogP contribution is 2.43. The van der Waals surface area contributed by atoms with Crippen LogP contribution in [0.2, 0.25) is 18.1 Å².